The van der Waals surface area contributed by atoms with Crippen molar-refractivity contribution in [1.82, 2.24) is 0 Å². The molecule has 3 atom stereocenters. The zero-order valence-corrected chi connectivity index (χ0v) is 12.6. The SMILES string of the molecule is OC(c1ccc(Cl)cc1Br)C1CC1c1ccccc1. The zero-order chi connectivity index (χ0) is 13.4. The Hall–Kier alpha value is -0.830. The molecule has 1 fully saturated rings. The van der Waals surface area contributed by atoms with Crippen LogP contribution >= 0.6 is 27.5 Å². The summed E-state index contributed by atoms with van der Waals surface area (Å²) in [6.07, 6.45) is 0.608. The van der Waals surface area contributed by atoms with E-state index in [2.05, 4.69) is 40.2 Å². The second-order valence-electron chi connectivity index (χ2n) is 5.03. The lowest BCUT2D eigenvalue weighted by Crippen LogP contribution is -2.02. The molecule has 0 amide bonds. The van der Waals surface area contributed by atoms with E-state index in [1.54, 1.807) is 0 Å². The lowest BCUT2D eigenvalue weighted by Gasteiger charge is -2.13. The molecule has 98 valence electrons. The quantitative estimate of drug-likeness (QED) is 0.841. The molecule has 0 saturated heterocycles. The first kappa shape index (κ1) is 13.2. The molecule has 3 heteroatoms. The van der Waals surface area contributed by atoms with Gasteiger partial charge in [-0.3, -0.25) is 0 Å². The van der Waals surface area contributed by atoms with Crippen molar-refractivity contribution >= 4 is 27.5 Å². The van der Waals surface area contributed by atoms with Gasteiger partial charge in [-0.2, -0.15) is 0 Å². The highest BCUT2D eigenvalue weighted by molar-refractivity contribution is 9.10. The van der Waals surface area contributed by atoms with Crippen molar-refractivity contribution in [2.45, 2.75) is 18.4 Å². The fourth-order valence-corrected chi connectivity index (χ4v) is 3.54. The molecule has 2 aromatic rings. The molecule has 3 unspecified atom stereocenters. The summed E-state index contributed by atoms with van der Waals surface area (Å²) in [6.45, 7) is 0. The van der Waals surface area contributed by atoms with E-state index in [-0.39, 0.29) is 0 Å². The maximum absolute atomic E-state index is 10.5. The maximum Gasteiger partial charge on any atom is 0.0835 e. The van der Waals surface area contributed by atoms with Crippen molar-refractivity contribution in [3.63, 3.8) is 0 Å². The molecule has 0 bridgehead atoms. The number of aliphatic hydroxyl groups is 1. The average molecular weight is 338 g/mol. The van der Waals surface area contributed by atoms with Crippen LogP contribution in [-0.2, 0) is 0 Å². The second-order valence-corrected chi connectivity index (χ2v) is 6.32. The highest BCUT2D eigenvalue weighted by atomic mass is 79.9. The first-order valence-corrected chi connectivity index (χ1v) is 7.52. The van der Waals surface area contributed by atoms with Gasteiger partial charge < -0.3 is 5.11 Å². The molecule has 0 aliphatic heterocycles. The molecule has 19 heavy (non-hydrogen) atoms. The van der Waals surface area contributed by atoms with E-state index < -0.39 is 6.10 Å². The molecule has 0 heterocycles. The van der Waals surface area contributed by atoms with Crippen LogP contribution in [0.25, 0.3) is 0 Å². The Labute approximate surface area is 126 Å². The van der Waals surface area contributed by atoms with Crippen molar-refractivity contribution in [1.29, 1.82) is 0 Å². The summed E-state index contributed by atoms with van der Waals surface area (Å²) in [6, 6.07) is 15.9. The van der Waals surface area contributed by atoms with Crippen LogP contribution in [0.2, 0.25) is 5.02 Å². The van der Waals surface area contributed by atoms with E-state index in [0.29, 0.717) is 16.9 Å². The molecule has 1 aliphatic rings. The number of rotatable bonds is 3. The maximum atomic E-state index is 10.5. The van der Waals surface area contributed by atoms with E-state index in [4.69, 9.17) is 11.6 Å². The van der Waals surface area contributed by atoms with Gasteiger partial charge in [-0.25, -0.2) is 0 Å². The fraction of sp³-hybridized carbons (Fsp3) is 0.250. The zero-order valence-electron chi connectivity index (χ0n) is 10.3. The van der Waals surface area contributed by atoms with Gasteiger partial charge in [-0.15, -0.1) is 0 Å². The summed E-state index contributed by atoms with van der Waals surface area (Å²) < 4.78 is 0.881. The van der Waals surface area contributed by atoms with Crippen LogP contribution in [-0.4, -0.2) is 5.11 Å². The summed E-state index contributed by atoms with van der Waals surface area (Å²) in [7, 11) is 0. The van der Waals surface area contributed by atoms with Crippen molar-refractivity contribution in [3.05, 3.63) is 69.2 Å². The number of aliphatic hydroxyl groups excluding tert-OH is 1. The van der Waals surface area contributed by atoms with Crippen LogP contribution in [0.3, 0.4) is 0 Å². The predicted octanol–water partition coefficient (Wildman–Crippen LogP) is 4.94. The van der Waals surface area contributed by atoms with Gasteiger partial charge in [0.05, 0.1) is 6.10 Å². The normalized spacial score (nSPS) is 23.1. The third-order valence-electron chi connectivity index (χ3n) is 3.75. The lowest BCUT2D eigenvalue weighted by atomic mass is 10.0. The molecule has 0 radical (unpaired) electrons. The van der Waals surface area contributed by atoms with E-state index in [9.17, 15) is 5.11 Å². The Morgan fingerprint density at radius 2 is 1.89 bits per heavy atom. The van der Waals surface area contributed by atoms with Gasteiger partial charge in [-0.1, -0.05) is 63.9 Å². The number of halogens is 2. The van der Waals surface area contributed by atoms with Gasteiger partial charge in [0, 0.05) is 9.50 Å². The molecule has 0 aromatic heterocycles. The van der Waals surface area contributed by atoms with E-state index >= 15 is 0 Å². The largest absolute Gasteiger partial charge is 0.388 e. The molecular weight excluding hydrogens is 324 g/mol. The van der Waals surface area contributed by atoms with Crippen LogP contribution in [0.1, 0.15) is 29.6 Å². The van der Waals surface area contributed by atoms with Gasteiger partial charge in [0.2, 0.25) is 0 Å². The van der Waals surface area contributed by atoms with Crippen molar-refractivity contribution in [3.8, 4) is 0 Å². The third kappa shape index (κ3) is 2.71. The second kappa shape index (κ2) is 5.28. The number of hydrogen-bond acceptors (Lipinski definition) is 1. The molecule has 1 aliphatic carbocycles. The molecular formula is C16H14BrClO. The highest BCUT2D eigenvalue weighted by Gasteiger charge is 2.44. The van der Waals surface area contributed by atoms with Crippen molar-refractivity contribution < 1.29 is 5.11 Å². The van der Waals surface area contributed by atoms with Gasteiger partial charge >= 0.3 is 0 Å². The van der Waals surface area contributed by atoms with Gasteiger partial charge in [0.25, 0.3) is 0 Å². The minimum atomic E-state index is -0.433. The fourth-order valence-electron chi connectivity index (χ4n) is 2.62. The van der Waals surface area contributed by atoms with Gasteiger partial charge in [0.1, 0.15) is 0 Å². The monoisotopic (exact) mass is 336 g/mol. The van der Waals surface area contributed by atoms with Crippen molar-refractivity contribution in [2.24, 2.45) is 5.92 Å². The number of benzene rings is 2. The average Bonchev–Trinajstić information content (AvgIpc) is 3.19. The predicted molar refractivity (Wildman–Crippen MR) is 81.4 cm³/mol. The van der Waals surface area contributed by atoms with Crippen LogP contribution in [0.15, 0.2) is 53.0 Å². The minimum absolute atomic E-state index is 0.305. The molecule has 3 rings (SSSR count). The minimum Gasteiger partial charge on any atom is -0.388 e. The molecule has 1 N–H and O–H groups in total. The molecule has 2 aromatic carbocycles. The smallest absolute Gasteiger partial charge is 0.0835 e. The summed E-state index contributed by atoms with van der Waals surface area (Å²) in [4.78, 5) is 0. The van der Waals surface area contributed by atoms with Crippen LogP contribution in [0.4, 0.5) is 0 Å². The third-order valence-corrected chi connectivity index (χ3v) is 4.68. The van der Waals surface area contributed by atoms with Gasteiger partial charge in [-0.05, 0) is 41.5 Å². The number of hydrogen-bond donors (Lipinski definition) is 1. The molecule has 1 saturated carbocycles. The van der Waals surface area contributed by atoms with Crippen LogP contribution < -0.4 is 0 Å². The first-order chi connectivity index (χ1) is 9.16. The molecule has 1 nitrogen and oxygen atoms in total. The summed E-state index contributed by atoms with van der Waals surface area (Å²) in [5.74, 6) is 0.777. The highest BCUT2D eigenvalue weighted by Crippen LogP contribution is 2.54. The topological polar surface area (TPSA) is 20.2 Å². The Balaban J connectivity index is 1.78. The van der Waals surface area contributed by atoms with Gasteiger partial charge in [0.15, 0.2) is 0 Å². The summed E-state index contributed by atoms with van der Waals surface area (Å²) in [5.41, 5.74) is 2.24. The Kier molecular flexibility index (Phi) is 3.66. The molecule has 0 spiro atoms. The Bertz CT molecular complexity index is 585. The summed E-state index contributed by atoms with van der Waals surface area (Å²) in [5, 5.41) is 11.2. The van der Waals surface area contributed by atoms with E-state index in [1.165, 1.54) is 5.56 Å². The van der Waals surface area contributed by atoms with Crippen LogP contribution in [0, 0.1) is 5.92 Å². The Morgan fingerprint density at radius 1 is 1.16 bits per heavy atom. The summed E-state index contributed by atoms with van der Waals surface area (Å²) >= 11 is 9.41. The Morgan fingerprint density at radius 3 is 2.58 bits per heavy atom. The van der Waals surface area contributed by atoms with Crippen molar-refractivity contribution in [2.75, 3.05) is 0 Å². The van der Waals surface area contributed by atoms with E-state index in [0.717, 1.165) is 16.5 Å². The van der Waals surface area contributed by atoms with Crippen LogP contribution in [0.5, 0.6) is 0 Å². The van der Waals surface area contributed by atoms with E-state index in [1.807, 2.05) is 24.3 Å². The lowest BCUT2D eigenvalue weighted by molar-refractivity contribution is 0.150. The standard InChI is InChI=1S/C16H14BrClO/c17-15-8-11(18)6-7-12(15)16(19)14-9-13(14)10-4-2-1-3-5-10/h1-8,13-14,16,19H,9H2. The first-order valence-electron chi connectivity index (χ1n) is 6.35.